The van der Waals surface area contributed by atoms with Crippen LogP contribution in [0.15, 0.2) is 0 Å². The molecule has 1 aliphatic carbocycles. The predicted molar refractivity (Wildman–Crippen MR) is 74.6 cm³/mol. The second-order valence-electron chi connectivity index (χ2n) is 6.63. The van der Waals surface area contributed by atoms with Gasteiger partial charge in [-0.25, -0.2) is 8.78 Å². The molecule has 1 aliphatic heterocycles. The molecule has 1 heterocycles. The van der Waals surface area contributed by atoms with Crippen LogP contribution in [0.3, 0.4) is 0 Å². The quantitative estimate of drug-likeness (QED) is 0.828. The fourth-order valence-corrected chi connectivity index (χ4v) is 3.63. The molecular weight excluding hydrogens is 246 g/mol. The zero-order valence-corrected chi connectivity index (χ0v) is 12.2. The van der Waals surface area contributed by atoms with E-state index in [4.69, 9.17) is 0 Å². The van der Waals surface area contributed by atoms with E-state index in [-0.39, 0.29) is 12.6 Å². The smallest absolute Gasteiger partial charge is 0.250 e. The van der Waals surface area contributed by atoms with Crippen LogP contribution in [0.25, 0.3) is 0 Å². The molecule has 2 fully saturated rings. The van der Waals surface area contributed by atoms with Crippen LogP contribution in [0.2, 0.25) is 0 Å². The monoisotopic (exact) mass is 274 g/mol. The van der Waals surface area contributed by atoms with Gasteiger partial charge in [-0.2, -0.15) is 0 Å². The van der Waals surface area contributed by atoms with Crippen LogP contribution in [0.4, 0.5) is 8.78 Å². The number of hydrogen-bond acceptors (Lipinski definition) is 2. The molecule has 0 spiro atoms. The van der Waals surface area contributed by atoms with E-state index in [1.165, 1.54) is 25.7 Å². The fourth-order valence-electron chi connectivity index (χ4n) is 3.63. The second kappa shape index (κ2) is 6.98. The minimum atomic E-state index is -2.24. The van der Waals surface area contributed by atoms with Crippen molar-refractivity contribution in [1.29, 1.82) is 0 Å². The first-order valence-corrected chi connectivity index (χ1v) is 7.82. The van der Waals surface area contributed by atoms with Gasteiger partial charge in [0.2, 0.25) is 0 Å². The highest BCUT2D eigenvalue weighted by atomic mass is 19.3. The molecule has 4 heteroatoms. The van der Waals surface area contributed by atoms with Gasteiger partial charge in [0, 0.05) is 25.2 Å². The molecule has 1 N–H and O–H groups in total. The van der Waals surface area contributed by atoms with Gasteiger partial charge in [-0.1, -0.05) is 26.7 Å². The average molecular weight is 274 g/mol. The molecule has 1 saturated carbocycles. The summed E-state index contributed by atoms with van der Waals surface area (Å²) in [5.74, 6) is 1.28. The van der Waals surface area contributed by atoms with Crippen molar-refractivity contribution in [2.45, 2.75) is 64.5 Å². The van der Waals surface area contributed by atoms with Gasteiger partial charge in [0.05, 0.1) is 6.54 Å². The maximum Gasteiger partial charge on any atom is 0.250 e. The summed E-state index contributed by atoms with van der Waals surface area (Å²) in [6.07, 6.45) is 4.08. The third kappa shape index (κ3) is 4.38. The van der Waals surface area contributed by atoms with E-state index in [0.717, 1.165) is 19.5 Å². The standard InChI is InChI=1S/C15H28F2N2/c1-11(2)12-7-13(18-8-15(16)17)10-19(9-12)14-5-3-4-6-14/h11-15,18H,3-10H2,1-2H3. The Morgan fingerprint density at radius 2 is 1.84 bits per heavy atom. The Bertz CT molecular complexity index is 265. The summed E-state index contributed by atoms with van der Waals surface area (Å²) in [4.78, 5) is 2.57. The third-order valence-corrected chi connectivity index (χ3v) is 4.86. The first kappa shape index (κ1) is 15.2. The number of hydrogen-bond donors (Lipinski definition) is 1. The Hall–Kier alpha value is -0.220. The van der Waals surface area contributed by atoms with Crippen molar-refractivity contribution in [3.8, 4) is 0 Å². The topological polar surface area (TPSA) is 15.3 Å². The van der Waals surface area contributed by atoms with Crippen LogP contribution in [0.1, 0.15) is 46.0 Å². The number of halogens is 2. The van der Waals surface area contributed by atoms with Crippen LogP contribution in [-0.4, -0.2) is 43.0 Å². The Balaban J connectivity index is 1.91. The van der Waals surface area contributed by atoms with Crippen molar-refractivity contribution in [3.63, 3.8) is 0 Å². The van der Waals surface area contributed by atoms with Gasteiger partial charge in [-0.15, -0.1) is 0 Å². The van der Waals surface area contributed by atoms with Gasteiger partial charge in [-0.3, -0.25) is 4.90 Å². The molecule has 2 unspecified atom stereocenters. The van der Waals surface area contributed by atoms with Crippen molar-refractivity contribution in [2.24, 2.45) is 11.8 Å². The zero-order valence-electron chi connectivity index (χ0n) is 12.2. The first-order valence-electron chi connectivity index (χ1n) is 7.82. The van der Waals surface area contributed by atoms with E-state index in [1.54, 1.807) is 0 Å². The number of rotatable bonds is 5. The number of nitrogens with one attached hydrogen (secondary N) is 1. The zero-order chi connectivity index (χ0) is 13.8. The van der Waals surface area contributed by atoms with Crippen LogP contribution in [-0.2, 0) is 0 Å². The summed E-state index contributed by atoms with van der Waals surface area (Å²) < 4.78 is 24.7. The summed E-state index contributed by atoms with van der Waals surface area (Å²) in [5.41, 5.74) is 0. The normalized spacial score (nSPS) is 30.6. The van der Waals surface area contributed by atoms with E-state index >= 15 is 0 Å². The van der Waals surface area contributed by atoms with E-state index < -0.39 is 6.43 Å². The summed E-state index contributed by atoms with van der Waals surface area (Å²) >= 11 is 0. The van der Waals surface area contributed by atoms with E-state index in [0.29, 0.717) is 17.9 Å². The van der Waals surface area contributed by atoms with Crippen LogP contribution in [0, 0.1) is 11.8 Å². The van der Waals surface area contributed by atoms with E-state index in [2.05, 4.69) is 24.1 Å². The number of piperidine rings is 1. The minimum Gasteiger partial charge on any atom is -0.307 e. The lowest BCUT2D eigenvalue weighted by molar-refractivity contribution is 0.0694. The molecular formula is C15H28F2N2. The van der Waals surface area contributed by atoms with Crippen molar-refractivity contribution in [1.82, 2.24) is 10.2 Å². The highest BCUT2D eigenvalue weighted by molar-refractivity contribution is 4.89. The summed E-state index contributed by atoms with van der Waals surface area (Å²) in [6.45, 7) is 6.48. The Labute approximate surface area is 115 Å². The van der Waals surface area contributed by atoms with Crippen LogP contribution < -0.4 is 5.32 Å². The van der Waals surface area contributed by atoms with Crippen molar-refractivity contribution >= 4 is 0 Å². The molecule has 0 bridgehead atoms. The highest BCUT2D eigenvalue weighted by Gasteiger charge is 2.33. The largest absolute Gasteiger partial charge is 0.307 e. The molecule has 0 amide bonds. The lowest BCUT2D eigenvalue weighted by Crippen LogP contribution is -2.53. The second-order valence-corrected chi connectivity index (χ2v) is 6.63. The summed E-state index contributed by atoms with van der Waals surface area (Å²) in [7, 11) is 0. The Morgan fingerprint density at radius 1 is 1.16 bits per heavy atom. The van der Waals surface area contributed by atoms with Crippen molar-refractivity contribution in [2.75, 3.05) is 19.6 Å². The molecule has 112 valence electrons. The predicted octanol–water partition coefficient (Wildman–Crippen LogP) is 3.13. The molecule has 0 aromatic rings. The molecule has 2 atom stereocenters. The maximum absolute atomic E-state index is 12.4. The lowest BCUT2D eigenvalue weighted by atomic mass is 9.84. The fraction of sp³-hybridized carbons (Fsp3) is 1.00. The summed E-state index contributed by atoms with van der Waals surface area (Å²) in [6, 6.07) is 0.952. The first-order chi connectivity index (χ1) is 9.06. The Kier molecular flexibility index (Phi) is 5.58. The highest BCUT2D eigenvalue weighted by Crippen LogP contribution is 2.30. The number of nitrogens with zero attached hydrogens (tertiary/aromatic N) is 1. The van der Waals surface area contributed by atoms with Gasteiger partial charge in [0.15, 0.2) is 0 Å². The molecule has 0 radical (unpaired) electrons. The van der Waals surface area contributed by atoms with Crippen molar-refractivity contribution < 1.29 is 8.78 Å². The van der Waals surface area contributed by atoms with E-state index in [1.807, 2.05) is 0 Å². The third-order valence-electron chi connectivity index (χ3n) is 4.86. The maximum atomic E-state index is 12.4. The number of likely N-dealkylation sites (tertiary alicyclic amines) is 1. The summed E-state index contributed by atoms with van der Waals surface area (Å²) in [5, 5.41) is 3.07. The molecule has 0 aromatic carbocycles. The van der Waals surface area contributed by atoms with Gasteiger partial charge < -0.3 is 5.32 Å². The molecule has 0 aromatic heterocycles. The molecule has 1 saturated heterocycles. The van der Waals surface area contributed by atoms with Gasteiger partial charge >= 0.3 is 0 Å². The Morgan fingerprint density at radius 3 is 2.42 bits per heavy atom. The van der Waals surface area contributed by atoms with Crippen LogP contribution in [0.5, 0.6) is 0 Å². The van der Waals surface area contributed by atoms with Crippen molar-refractivity contribution in [3.05, 3.63) is 0 Å². The average Bonchev–Trinajstić information content (AvgIpc) is 2.89. The molecule has 2 nitrogen and oxygen atoms in total. The molecule has 2 rings (SSSR count). The van der Waals surface area contributed by atoms with Crippen LogP contribution >= 0.6 is 0 Å². The molecule has 19 heavy (non-hydrogen) atoms. The van der Waals surface area contributed by atoms with Gasteiger partial charge in [-0.05, 0) is 31.1 Å². The van der Waals surface area contributed by atoms with E-state index in [9.17, 15) is 8.78 Å². The van der Waals surface area contributed by atoms with Gasteiger partial charge in [0.25, 0.3) is 6.43 Å². The lowest BCUT2D eigenvalue weighted by Gasteiger charge is -2.42. The SMILES string of the molecule is CC(C)C1CC(NCC(F)F)CN(C2CCCC2)C1. The minimum absolute atomic E-state index is 0.159. The number of alkyl halides is 2. The van der Waals surface area contributed by atoms with Gasteiger partial charge in [0.1, 0.15) is 0 Å². The molecule has 2 aliphatic rings.